The molecule has 0 saturated heterocycles. The highest BCUT2D eigenvalue weighted by Crippen LogP contribution is 2.14. The zero-order chi connectivity index (χ0) is 9.84. The van der Waals surface area contributed by atoms with Crippen LogP contribution in [0.15, 0.2) is 16.5 Å². The van der Waals surface area contributed by atoms with E-state index in [1.54, 1.807) is 0 Å². The van der Waals surface area contributed by atoms with Crippen LogP contribution >= 0.6 is 12.2 Å². The van der Waals surface area contributed by atoms with E-state index in [0.717, 1.165) is 11.5 Å². The molecule has 0 spiro atoms. The second-order valence-electron chi connectivity index (χ2n) is 2.79. The van der Waals surface area contributed by atoms with E-state index in [1.807, 2.05) is 26.0 Å². The molecular weight excluding hydrogens is 186 g/mol. The highest BCUT2D eigenvalue weighted by Gasteiger charge is 2.09. The molecule has 0 radical (unpaired) electrons. The van der Waals surface area contributed by atoms with Crippen molar-refractivity contribution in [1.29, 1.82) is 0 Å². The molecule has 13 heavy (non-hydrogen) atoms. The van der Waals surface area contributed by atoms with Crippen LogP contribution in [0.2, 0.25) is 0 Å². The van der Waals surface area contributed by atoms with E-state index in [2.05, 4.69) is 10.7 Å². The Bertz CT molecular complexity index is 297. The SMILES string of the molecule is Cc1ccc(C(C)NC(=S)NN)o1. The number of hydrogen-bond acceptors (Lipinski definition) is 3. The van der Waals surface area contributed by atoms with Gasteiger partial charge >= 0.3 is 0 Å². The van der Waals surface area contributed by atoms with Crippen LogP contribution in [0.1, 0.15) is 24.5 Å². The van der Waals surface area contributed by atoms with Crippen molar-refractivity contribution >= 4 is 17.3 Å². The van der Waals surface area contributed by atoms with Gasteiger partial charge in [0.25, 0.3) is 0 Å². The number of thiocarbonyl (C=S) groups is 1. The van der Waals surface area contributed by atoms with Crippen molar-refractivity contribution in [3.63, 3.8) is 0 Å². The van der Waals surface area contributed by atoms with E-state index < -0.39 is 0 Å². The summed E-state index contributed by atoms with van der Waals surface area (Å²) in [6.45, 7) is 3.84. The third kappa shape index (κ3) is 2.71. The Balaban J connectivity index is 2.58. The lowest BCUT2D eigenvalue weighted by Crippen LogP contribution is -2.40. The lowest BCUT2D eigenvalue weighted by Gasteiger charge is -2.12. The minimum absolute atomic E-state index is 0.0252. The molecule has 1 atom stereocenters. The summed E-state index contributed by atoms with van der Waals surface area (Å²) in [6, 6.07) is 3.84. The molecular formula is C8H13N3OS. The van der Waals surface area contributed by atoms with E-state index in [9.17, 15) is 0 Å². The summed E-state index contributed by atoms with van der Waals surface area (Å²) in [5, 5.41) is 3.36. The Morgan fingerprint density at radius 1 is 1.62 bits per heavy atom. The maximum absolute atomic E-state index is 5.40. The summed E-state index contributed by atoms with van der Waals surface area (Å²) >= 11 is 4.85. The number of nitrogens with one attached hydrogen (secondary N) is 2. The van der Waals surface area contributed by atoms with Crippen LogP contribution in [0.4, 0.5) is 0 Å². The third-order valence-corrected chi connectivity index (χ3v) is 1.90. The maximum Gasteiger partial charge on any atom is 0.181 e. The van der Waals surface area contributed by atoms with Gasteiger partial charge in [0.1, 0.15) is 11.5 Å². The number of rotatable bonds is 2. The first kappa shape index (κ1) is 10.0. The molecule has 1 aromatic heterocycles. The van der Waals surface area contributed by atoms with E-state index in [4.69, 9.17) is 22.5 Å². The van der Waals surface area contributed by atoms with Crippen LogP contribution in [0.25, 0.3) is 0 Å². The molecule has 0 aliphatic rings. The Kier molecular flexibility index (Phi) is 3.27. The summed E-state index contributed by atoms with van der Waals surface area (Å²) in [5.74, 6) is 6.85. The standard InChI is InChI=1S/C8H13N3OS/c1-5-3-4-7(12-5)6(2)10-8(13)11-9/h3-4,6H,9H2,1-2H3,(H2,10,11,13). The van der Waals surface area contributed by atoms with E-state index >= 15 is 0 Å². The lowest BCUT2D eigenvalue weighted by atomic mass is 10.2. The quantitative estimate of drug-likeness (QED) is 0.376. The largest absolute Gasteiger partial charge is 0.464 e. The van der Waals surface area contributed by atoms with Crippen molar-refractivity contribution < 1.29 is 4.42 Å². The predicted molar refractivity (Wildman–Crippen MR) is 54.9 cm³/mol. The normalized spacial score (nSPS) is 12.2. The molecule has 5 heteroatoms. The first-order chi connectivity index (χ1) is 6.13. The summed E-state index contributed by atoms with van der Waals surface area (Å²) < 4.78 is 5.40. The highest BCUT2D eigenvalue weighted by atomic mass is 32.1. The van der Waals surface area contributed by atoms with Crippen molar-refractivity contribution in [2.75, 3.05) is 0 Å². The van der Waals surface area contributed by atoms with E-state index in [1.165, 1.54) is 0 Å². The van der Waals surface area contributed by atoms with Crippen LogP contribution in [0, 0.1) is 6.92 Å². The average Bonchev–Trinajstić information content (AvgIpc) is 2.51. The van der Waals surface area contributed by atoms with Gasteiger partial charge in [0, 0.05) is 0 Å². The van der Waals surface area contributed by atoms with Crippen molar-refractivity contribution in [2.45, 2.75) is 19.9 Å². The van der Waals surface area contributed by atoms with Crippen molar-refractivity contribution in [3.05, 3.63) is 23.7 Å². The molecule has 0 bridgehead atoms. The summed E-state index contributed by atoms with van der Waals surface area (Å²) in [6.07, 6.45) is 0. The van der Waals surface area contributed by atoms with Crippen LogP contribution < -0.4 is 16.6 Å². The molecule has 1 aromatic rings. The molecule has 72 valence electrons. The van der Waals surface area contributed by atoms with E-state index in [0.29, 0.717) is 5.11 Å². The fourth-order valence-corrected chi connectivity index (χ4v) is 1.17. The smallest absolute Gasteiger partial charge is 0.181 e. The second-order valence-corrected chi connectivity index (χ2v) is 3.20. The molecule has 1 rings (SSSR count). The molecule has 0 aliphatic carbocycles. The van der Waals surface area contributed by atoms with Gasteiger partial charge in [0.05, 0.1) is 6.04 Å². The van der Waals surface area contributed by atoms with Gasteiger partial charge in [-0.2, -0.15) is 0 Å². The zero-order valence-electron chi connectivity index (χ0n) is 7.63. The van der Waals surface area contributed by atoms with Gasteiger partial charge in [-0.15, -0.1) is 0 Å². The molecule has 4 nitrogen and oxygen atoms in total. The summed E-state index contributed by atoms with van der Waals surface area (Å²) in [7, 11) is 0. The van der Waals surface area contributed by atoms with Crippen LogP contribution in [0.5, 0.6) is 0 Å². The van der Waals surface area contributed by atoms with Crippen molar-refractivity contribution in [2.24, 2.45) is 5.84 Å². The van der Waals surface area contributed by atoms with Crippen LogP contribution in [-0.4, -0.2) is 5.11 Å². The zero-order valence-corrected chi connectivity index (χ0v) is 8.44. The van der Waals surface area contributed by atoms with Crippen molar-refractivity contribution in [3.8, 4) is 0 Å². The predicted octanol–water partition coefficient (Wildman–Crippen LogP) is 0.987. The van der Waals surface area contributed by atoms with Gasteiger partial charge < -0.3 is 15.2 Å². The van der Waals surface area contributed by atoms with Gasteiger partial charge in [-0.25, -0.2) is 5.84 Å². The molecule has 0 aliphatic heterocycles. The first-order valence-corrected chi connectivity index (χ1v) is 4.37. The minimum atomic E-state index is 0.0252. The number of nitrogens with two attached hydrogens (primary N) is 1. The number of hydrogen-bond donors (Lipinski definition) is 3. The Hall–Kier alpha value is -1.07. The average molecular weight is 199 g/mol. The topological polar surface area (TPSA) is 63.2 Å². The van der Waals surface area contributed by atoms with Gasteiger partial charge in [-0.05, 0) is 38.2 Å². The van der Waals surface area contributed by atoms with Crippen LogP contribution in [-0.2, 0) is 0 Å². The molecule has 0 saturated carbocycles. The number of hydrazine groups is 1. The van der Waals surface area contributed by atoms with Gasteiger partial charge in [0.15, 0.2) is 5.11 Å². The molecule has 0 fully saturated rings. The van der Waals surface area contributed by atoms with Crippen molar-refractivity contribution in [1.82, 2.24) is 10.7 Å². The van der Waals surface area contributed by atoms with E-state index in [-0.39, 0.29) is 6.04 Å². The van der Waals surface area contributed by atoms with Crippen LogP contribution in [0.3, 0.4) is 0 Å². The lowest BCUT2D eigenvalue weighted by molar-refractivity contribution is 0.442. The monoisotopic (exact) mass is 199 g/mol. The fraction of sp³-hybridized carbons (Fsp3) is 0.375. The number of furan rings is 1. The summed E-state index contributed by atoms with van der Waals surface area (Å²) in [4.78, 5) is 0. The molecule has 4 N–H and O–H groups in total. The molecule has 1 unspecified atom stereocenters. The van der Waals surface area contributed by atoms with Gasteiger partial charge in [0.2, 0.25) is 0 Å². The Morgan fingerprint density at radius 2 is 2.31 bits per heavy atom. The molecule has 0 amide bonds. The third-order valence-electron chi connectivity index (χ3n) is 1.67. The fourth-order valence-electron chi connectivity index (χ4n) is 0.996. The second kappa shape index (κ2) is 4.25. The summed E-state index contributed by atoms with van der Waals surface area (Å²) in [5.41, 5.74) is 2.35. The first-order valence-electron chi connectivity index (χ1n) is 3.97. The Morgan fingerprint density at radius 3 is 2.77 bits per heavy atom. The van der Waals surface area contributed by atoms with Gasteiger partial charge in [-0.3, -0.25) is 0 Å². The maximum atomic E-state index is 5.40. The Labute approximate surface area is 82.5 Å². The number of aryl methyl sites for hydroxylation is 1. The minimum Gasteiger partial charge on any atom is -0.464 e. The highest BCUT2D eigenvalue weighted by molar-refractivity contribution is 7.80. The molecule has 1 heterocycles. The van der Waals surface area contributed by atoms with Gasteiger partial charge in [-0.1, -0.05) is 0 Å². The molecule has 0 aromatic carbocycles.